The van der Waals surface area contributed by atoms with Crippen LogP contribution >= 0.6 is 0 Å². The Balaban J connectivity index is 2.09. The van der Waals surface area contributed by atoms with Gasteiger partial charge < -0.3 is 9.47 Å². The predicted molar refractivity (Wildman–Crippen MR) is 74.9 cm³/mol. The zero-order valence-electron chi connectivity index (χ0n) is 12.8. The summed E-state index contributed by atoms with van der Waals surface area (Å²) in [6, 6.07) is 0. The molecule has 0 amide bonds. The summed E-state index contributed by atoms with van der Waals surface area (Å²) >= 11 is 0. The Morgan fingerprint density at radius 1 is 1.05 bits per heavy atom. The first-order chi connectivity index (χ1) is 9.51. The fraction of sp³-hybridized carbons (Fsp3) is 0.875. The second-order valence-corrected chi connectivity index (χ2v) is 6.41. The Morgan fingerprint density at radius 3 is 2.05 bits per heavy atom. The quantitative estimate of drug-likeness (QED) is 0.555. The summed E-state index contributed by atoms with van der Waals surface area (Å²) in [5, 5.41) is 0. The van der Waals surface area contributed by atoms with Crippen LogP contribution in [0.2, 0.25) is 0 Å². The van der Waals surface area contributed by atoms with E-state index >= 15 is 0 Å². The molecule has 2 bridgehead atoms. The van der Waals surface area contributed by atoms with Gasteiger partial charge in [0.15, 0.2) is 5.41 Å². The maximum Gasteiger partial charge on any atom is 0.323 e. The van der Waals surface area contributed by atoms with Crippen molar-refractivity contribution >= 4 is 11.9 Å². The van der Waals surface area contributed by atoms with E-state index in [-0.39, 0.29) is 0 Å². The van der Waals surface area contributed by atoms with Gasteiger partial charge in [0.25, 0.3) is 0 Å². The number of hydrogen-bond donors (Lipinski definition) is 0. The number of rotatable bonds is 6. The van der Waals surface area contributed by atoms with E-state index in [1.807, 2.05) is 0 Å². The molecule has 0 aliphatic heterocycles. The van der Waals surface area contributed by atoms with Gasteiger partial charge in [-0.1, -0.05) is 6.42 Å². The van der Waals surface area contributed by atoms with Gasteiger partial charge in [-0.2, -0.15) is 0 Å². The lowest BCUT2D eigenvalue weighted by Gasteiger charge is -2.31. The van der Waals surface area contributed by atoms with Crippen molar-refractivity contribution in [2.24, 2.45) is 23.2 Å². The minimum absolute atomic E-state index is 0.296. The molecule has 0 aromatic carbocycles. The van der Waals surface area contributed by atoms with Gasteiger partial charge in [0, 0.05) is 0 Å². The molecule has 3 atom stereocenters. The minimum atomic E-state index is -1.14. The van der Waals surface area contributed by atoms with Crippen LogP contribution in [0.5, 0.6) is 0 Å². The Morgan fingerprint density at radius 2 is 1.65 bits per heavy atom. The SMILES string of the molecule is CCOC(=O)C(C)(CC1CC2CCC1C2)C(=O)OCC. The predicted octanol–water partition coefficient (Wildman–Crippen LogP) is 2.95. The number of carbonyl (C=O) groups excluding carboxylic acids is 2. The Labute approximate surface area is 121 Å². The number of ether oxygens (including phenoxy) is 2. The van der Waals surface area contributed by atoms with E-state index in [4.69, 9.17) is 9.47 Å². The van der Waals surface area contributed by atoms with Crippen molar-refractivity contribution < 1.29 is 19.1 Å². The molecular weight excluding hydrogens is 256 g/mol. The van der Waals surface area contributed by atoms with Crippen molar-refractivity contribution in [2.45, 2.75) is 52.9 Å². The van der Waals surface area contributed by atoms with Gasteiger partial charge in [0.2, 0.25) is 0 Å². The summed E-state index contributed by atoms with van der Waals surface area (Å²) in [6.45, 7) is 5.81. The minimum Gasteiger partial charge on any atom is -0.465 e. The van der Waals surface area contributed by atoms with Gasteiger partial charge in [-0.15, -0.1) is 0 Å². The molecule has 2 aliphatic carbocycles. The van der Waals surface area contributed by atoms with E-state index < -0.39 is 17.4 Å². The van der Waals surface area contributed by atoms with E-state index in [0.717, 1.165) is 12.3 Å². The Hall–Kier alpha value is -1.06. The van der Waals surface area contributed by atoms with Gasteiger partial charge in [0.05, 0.1) is 13.2 Å². The third-order valence-corrected chi connectivity index (χ3v) is 5.01. The van der Waals surface area contributed by atoms with Gasteiger partial charge in [-0.05, 0) is 64.2 Å². The lowest BCUT2D eigenvalue weighted by Crippen LogP contribution is -2.41. The van der Waals surface area contributed by atoms with Gasteiger partial charge in [-0.3, -0.25) is 9.59 Å². The fourth-order valence-corrected chi connectivity index (χ4v) is 3.98. The van der Waals surface area contributed by atoms with E-state index in [1.165, 1.54) is 19.3 Å². The summed E-state index contributed by atoms with van der Waals surface area (Å²) in [4.78, 5) is 24.5. The first-order valence-corrected chi connectivity index (χ1v) is 7.85. The molecule has 0 spiro atoms. The normalized spacial score (nSPS) is 28.4. The van der Waals surface area contributed by atoms with Crippen molar-refractivity contribution in [2.75, 3.05) is 13.2 Å². The number of fused-ring (bicyclic) bond motifs is 2. The van der Waals surface area contributed by atoms with Crippen molar-refractivity contribution in [1.29, 1.82) is 0 Å². The van der Waals surface area contributed by atoms with Crippen molar-refractivity contribution in [1.82, 2.24) is 0 Å². The van der Waals surface area contributed by atoms with Crippen molar-refractivity contribution in [3.8, 4) is 0 Å². The van der Waals surface area contributed by atoms with Crippen LogP contribution in [-0.4, -0.2) is 25.2 Å². The standard InChI is InChI=1S/C16H26O4/c1-4-19-14(17)16(3,15(18)20-5-2)10-13-9-11-6-7-12(13)8-11/h11-13H,4-10H2,1-3H3. The van der Waals surface area contributed by atoms with Crippen LogP contribution in [0, 0.1) is 23.2 Å². The smallest absolute Gasteiger partial charge is 0.323 e. The first-order valence-electron chi connectivity index (χ1n) is 7.85. The molecule has 2 rings (SSSR count). The molecule has 0 N–H and O–H groups in total. The molecule has 0 saturated heterocycles. The molecule has 0 aromatic heterocycles. The molecule has 20 heavy (non-hydrogen) atoms. The van der Waals surface area contributed by atoms with Crippen LogP contribution < -0.4 is 0 Å². The monoisotopic (exact) mass is 282 g/mol. The van der Waals surface area contributed by atoms with Crippen molar-refractivity contribution in [3.05, 3.63) is 0 Å². The zero-order chi connectivity index (χ0) is 14.8. The topological polar surface area (TPSA) is 52.6 Å². The maximum atomic E-state index is 12.3. The van der Waals surface area contributed by atoms with Crippen LogP contribution in [-0.2, 0) is 19.1 Å². The van der Waals surface area contributed by atoms with E-state index in [2.05, 4.69) is 0 Å². The lowest BCUT2D eigenvalue weighted by atomic mass is 9.75. The highest BCUT2D eigenvalue weighted by Crippen LogP contribution is 2.52. The molecule has 4 heteroatoms. The molecule has 0 aromatic rings. The average Bonchev–Trinajstić information content (AvgIpc) is 3.01. The maximum absolute atomic E-state index is 12.3. The summed E-state index contributed by atoms with van der Waals surface area (Å²) in [7, 11) is 0. The number of esters is 2. The fourth-order valence-electron chi connectivity index (χ4n) is 3.98. The molecule has 0 radical (unpaired) electrons. The second kappa shape index (κ2) is 6.15. The third kappa shape index (κ3) is 2.84. The van der Waals surface area contributed by atoms with Gasteiger partial charge in [-0.25, -0.2) is 0 Å². The first kappa shape index (κ1) is 15.3. The van der Waals surface area contributed by atoms with Crippen molar-refractivity contribution in [3.63, 3.8) is 0 Å². The highest BCUT2D eigenvalue weighted by atomic mass is 16.6. The number of carbonyl (C=O) groups is 2. The molecule has 2 aliphatic rings. The summed E-state index contributed by atoms with van der Waals surface area (Å²) in [5.74, 6) is 1.09. The van der Waals surface area contributed by atoms with Gasteiger partial charge >= 0.3 is 11.9 Å². The molecule has 2 fully saturated rings. The summed E-state index contributed by atoms with van der Waals surface area (Å²) in [6.07, 6.45) is 5.56. The molecule has 3 unspecified atom stereocenters. The third-order valence-electron chi connectivity index (χ3n) is 5.01. The lowest BCUT2D eigenvalue weighted by molar-refractivity contribution is -0.172. The van der Waals surface area contributed by atoms with Crippen LogP contribution in [0.4, 0.5) is 0 Å². The van der Waals surface area contributed by atoms with Crippen LogP contribution in [0.1, 0.15) is 52.9 Å². The Kier molecular flexibility index (Phi) is 4.71. The van der Waals surface area contributed by atoms with Crippen LogP contribution in [0.25, 0.3) is 0 Å². The van der Waals surface area contributed by atoms with E-state index in [9.17, 15) is 9.59 Å². The molecule has 0 heterocycles. The van der Waals surface area contributed by atoms with Crippen LogP contribution in [0.15, 0.2) is 0 Å². The highest BCUT2D eigenvalue weighted by Gasteiger charge is 2.50. The molecule has 4 nitrogen and oxygen atoms in total. The Bertz CT molecular complexity index is 359. The number of hydrogen-bond acceptors (Lipinski definition) is 4. The molecular formula is C16H26O4. The molecule has 114 valence electrons. The summed E-state index contributed by atoms with van der Waals surface area (Å²) in [5.41, 5.74) is -1.14. The second-order valence-electron chi connectivity index (χ2n) is 6.41. The van der Waals surface area contributed by atoms with E-state index in [0.29, 0.717) is 31.5 Å². The van der Waals surface area contributed by atoms with Gasteiger partial charge in [0.1, 0.15) is 0 Å². The highest BCUT2D eigenvalue weighted by molar-refractivity contribution is 5.99. The average molecular weight is 282 g/mol. The van der Waals surface area contributed by atoms with E-state index in [1.54, 1.807) is 20.8 Å². The summed E-state index contributed by atoms with van der Waals surface area (Å²) < 4.78 is 10.3. The molecule has 2 saturated carbocycles. The van der Waals surface area contributed by atoms with Crippen LogP contribution in [0.3, 0.4) is 0 Å². The largest absolute Gasteiger partial charge is 0.465 e. The zero-order valence-corrected chi connectivity index (χ0v) is 12.8.